The molecule has 0 amide bonds. The summed E-state index contributed by atoms with van der Waals surface area (Å²) in [5.74, 6) is 1.77. The van der Waals surface area contributed by atoms with Crippen molar-refractivity contribution in [3.05, 3.63) is 114 Å². The monoisotopic (exact) mass is 394 g/mol. The SMILES string of the molecule is N#Cc1ccc(OCc2ccc(/C=C/C(=O)c3ccc(-n4cccc4)cc3)o2)cc1. The maximum atomic E-state index is 12.4. The minimum Gasteiger partial charge on any atom is -0.486 e. The Morgan fingerprint density at radius 1 is 1.00 bits per heavy atom. The lowest BCUT2D eigenvalue weighted by atomic mass is 10.1. The van der Waals surface area contributed by atoms with Crippen LogP contribution in [0.5, 0.6) is 5.75 Å². The van der Waals surface area contributed by atoms with E-state index in [0.717, 1.165) is 5.69 Å². The van der Waals surface area contributed by atoms with Gasteiger partial charge >= 0.3 is 0 Å². The molecule has 30 heavy (non-hydrogen) atoms. The Bertz CT molecular complexity index is 1190. The summed E-state index contributed by atoms with van der Waals surface area (Å²) in [6.45, 7) is 0.258. The molecule has 0 saturated heterocycles. The highest BCUT2D eigenvalue weighted by molar-refractivity contribution is 6.06. The van der Waals surface area contributed by atoms with Gasteiger partial charge in [-0.3, -0.25) is 4.79 Å². The van der Waals surface area contributed by atoms with Gasteiger partial charge in [-0.05, 0) is 84.9 Å². The van der Waals surface area contributed by atoms with Crippen molar-refractivity contribution in [2.75, 3.05) is 0 Å². The molecule has 0 saturated carbocycles. The van der Waals surface area contributed by atoms with Crippen LogP contribution in [0.2, 0.25) is 0 Å². The number of nitrogens with zero attached hydrogens (tertiary/aromatic N) is 2. The Balaban J connectivity index is 1.34. The number of allylic oxidation sites excluding steroid dienone is 1. The average molecular weight is 394 g/mol. The number of benzene rings is 2. The molecule has 4 rings (SSSR count). The third kappa shape index (κ3) is 4.57. The fourth-order valence-electron chi connectivity index (χ4n) is 2.90. The summed E-state index contributed by atoms with van der Waals surface area (Å²) in [5.41, 5.74) is 2.19. The first kappa shape index (κ1) is 19.0. The summed E-state index contributed by atoms with van der Waals surface area (Å²) in [5, 5.41) is 8.82. The lowest BCUT2D eigenvalue weighted by Gasteiger charge is -2.03. The fraction of sp³-hybridized carbons (Fsp3) is 0.0400. The van der Waals surface area contributed by atoms with Crippen molar-refractivity contribution in [2.24, 2.45) is 0 Å². The second-order valence-corrected chi connectivity index (χ2v) is 6.56. The minimum absolute atomic E-state index is 0.0964. The number of carbonyl (C=O) groups excluding carboxylic acids is 1. The largest absolute Gasteiger partial charge is 0.486 e. The predicted molar refractivity (Wildman–Crippen MR) is 113 cm³/mol. The van der Waals surface area contributed by atoms with Crippen molar-refractivity contribution in [1.29, 1.82) is 5.26 Å². The Kier molecular flexibility index (Phi) is 5.59. The molecule has 5 heteroatoms. The first-order chi connectivity index (χ1) is 14.7. The van der Waals surface area contributed by atoms with Crippen LogP contribution in [0.3, 0.4) is 0 Å². The summed E-state index contributed by atoms with van der Waals surface area (Å²) >= 11 is 0. The van der Waals surface area contributed by atoms with Crippen LogP contribution in [0, 0.1) is 11.3 Å². The molecule has 0 aliphatic rings. The summed E-state index contributed by atoms with van der Waals surface area (Å²) in [7, 11) is 0. The number of hydrogen-bond donors (Lipinski definition) is 0. The van der Waals surface area contributed by atoms with E-state index < -0.39 is 0 Å². The topological polar surface area (TPSA) is 68.2 Å². The zero-order chi connectivity index (χ0) is 20.8. The number of ketones is 1. The van der Waals surface area contributed by atoms with E-state index in [-0.39, 0.29) is 12.4 Å². The summed E-state index contributed by atoms with van der Waals surface area (Å²) < 4.78 is 13.3. The van der Waals surface area contributed by atoms with E-state index in [2.05, 4.69) is 6.07 Å². The summed E-state index contributed by atoms with van der Waals surface area (Å²) in [6, 6.07) is 23.9. The molecule has 0 radical (unpaired) electrons. The smallest absolute Gasteiger partial charge is 0.185 e. The fourth-order valence-corrected chi connectivity index (χ4v) is 2.90. The number of nitriles is 1. The molecule has 5 nitrogen and oxygen atoms in total. The lowest BCUT2D eigenvalue weighted by molar-refractivity contribution is 0.104. The normalized spacial score (nSPS) is 10.8. The predicted octanol–water partition coefficient (Wildman–Crippen LogP) is 5.42. The van der Waals surface area contributed by atoms with Gasteiger partial charge in [-0.1, -0.05) is 0 Å². The zero-order valence-electron chi connectivity index (χ0n) is 16.1. The third-order valence-corrected chi connectivity index (χ3v) is 4.50. The van der Waals surface area contributed by atoms with Gasteiger partial charge in [-0.25, -0.2) is 0 Å². The van der Waals surface area contributed by atoms with Gasteiger partial charge in [0, 0.05) is 23.6 Å². The lowest BCUT2D eigenvalue weighted by Crippen LogP contribution is -1.96. The van der Waals surface area contributed by atoms with Gasteiger partial charge in [0.2, 0.25) is 0 Å². The number of furan rings is 1. The standard InChI is InChI=1S/C25H18N2O3/c26-17-19-3-9-22(10-4-19)29-18-24-12-11-23(30-24)13-14-25(28)20-5-7-21(8-6-20)27-15-1-2-16-27/h1-16H,18H2/b14-13+. The van der Waals surface area contributed by atoms with Gasteiger partial charge in [0.05, 0.1) is 11.6 Å². The minimum atomic E-state index is -0.0964. The van der Waals surface area contributed by atoms with E-state index >= 15 is 0 Å². The van der Waals surface area contributed by atoms with Crippen molar-refractivity contribution in [2.45, 2.75) is 6.61 Å². The molecule has 0 fully saturated rings. The molecule has 2 aromatic carbocycles. The quantitative estimate of drug-likeness (QED) is 0.310. The highest BCUT2D eigenvalue weighted by Crippen LogP contribution is 2.17. The van der Waals surface area contributed by atoms with E-state index in [1.54, 1.807) is 54.6 Å². The average Bonchev–Trinajstić information content (AvgIpc) is 3.49. The summed E-state index contributed by atoms with van der Waals surface area (Å²) in [6.07, 6.45) is 7.05. The highest BCUT2D eigenvalue weighted by Gasteiger charge is 2.05. The molecule has 2 heterocycles. The molecule has 0 bridgehead atoms. The number of carbonyl (C=O) groups is 1. The van der Waals surface area contributed by atoms with Crippen LogP contribution in [0.1, 0.15) is 27.4 Å². The summed E-state index contributed by atoms with van der Waals surface area (Å²) in [4.78, 5) is 12.4. The van der Waals surface area contributed by atoms with E-state index in [1.165, 1.54) is 6.08 Å². The maximum absolute atomic E-state index is 12.4. The van der Waals surface area contributed by atoms with Crippen molar-refractivity contribution in [3.8, 4) is 17.5 Å². The number of hydrogen-bond acceptors (Lipinski definition) is 4. The van der Waals surface area contributed by atoms with Gasteiger partial charge < -0.3 is 13.7 Å². The first-order valence-corrected chi connectivity index (χ1v) is 9.39. The molecule has 4 aromatic rings. The van der Waals surface area contributed by atoms with Crippen molar-refractivity contribution < 1.29 is 13.9 Å². The van der Waals surface area contributed by atoms with Crippen LogP contribution in [0.4, 0.5) is 0 Å². The van der Waals surface area contributed by atoms with Crippen LogP contribution >= 0.6 is 0 Å². The molecule has 0 aliphatic carbocycles. The zero-order valence-corrected chi connectivity index (χ0v) is 16.1. The van der Waals surface area contributed by atoms with Gasteiger partial charge in [-0.2, -0.15) is 5.26 Å². The van der Waals surface area contributed by atoms with E-state index in [4.69, 9.17) is 14.4 Å². The molecule has 0 spiro atoms. The van der Waals surface area contributed by atoms with Crippen molar-refractivity contribution >= 4 is 11.9 Å². The Morgan fingerprint density at radius 2 is 1.73 bits per heavy atom. The maximum Gasteiger partial charge on any atom is 0.185 e. The van der Waals surface area contributed by atoms with Crippen molar-refractivity contribution in [3.63, 3.8) is 0 Å². The van der Waals surface area contributed by atoms with Gasteiger partial charge in [-0.15, -0.1) is 0 Å². The molecule has 0 aliphatic heterocycles. The second kappa shape index (κ2) is 8.80. The third-order valence-electron chi connectivity index (χ3n) is 4.50. The number of ether oxygens (including phenoxy) is 1. The van der Waals surface area contributed by atoms with E-state index in [0.29, 0.717) is 28.4 Å². The van der Waals surface area contributed by atoms with Crippen molar-refractivity contribution in [1.82, 2.24) is 4.57 Å². The van der Waals surface area contributed by atoms with Crippen LogP contribution in [0.15, 0.2) is 95.7 Å². The first-order valence-electron chi connectivity index (χ1n) is 9.39. The molecule has 0 N–H and O–H groups in total. The van der Waals surface area contributed by atoms with Crippen LogP contribution < -0.4 is 4.74 Å². The number of rotatable bonds is 7. The van der Waals surface area contributed by atoms with E-state index in [9.17, 15) is 4.79 Å². The van der Waals surface area contributed by atoms with Crippen LogP contribution in [-0.4, -0.2) is 10.4 Å². The van der Waals surface area contributed by atoms with Gasteiger partial charge in [0.1, 0.15) is 23.9 Å². The van der Waals surface area contributed by atoms with Gasteiger partial charge in [0.15, 0.2) is 5.78 Å². The Morgan fingerprint density at radius 3 is 2.43 bits per heavy atom. The van der Waals surface area contributed by atoms with Crippen LogP contribution in [-0.2, 0) is 6.61 Å². The van der Waals surface area contributed by atoms with Crippen LogP contribution in [0.25, 0.3) is 11.8 Å². The highest BCUT2D eigenvalue weighted by atomic mass is 16.5. The van der Waals surface area contributed by atoms with E-state index in [1.807, 2.05) is 41.2 Å². The van der Waals surface area contributed by atoms with Gasteiger partial charge in [0.25, 0.3) is 0 Å². The second-order valence-electron chi connectivity index (χ2n) is 6.56. The molecule has 2 aromatic heterocycles. The molecule has 0 unspecified atom stereocenters. The molecule has 0 atom stereocenters. The molecular formula is C25H18N2O3. The Labute approximate surface area is 174 Å². The molecule has 146 valence electrons. The molecular weight excluding hydrogens is 376 g/mol. The number of aromatic nitrogens is 1. The Hall–Kier alpha value is -4.30.